The molecule has 1 unspecified atom stereocenters. The molecule has 0 bridgehead atoms. The van der Waals surface area contributed by atoms with Crippen LogP contribution in [-0.4, -0.2) is 62.5 Å². The Kier molecular flexibility index (Phi) is 15.4. The van der Waals surface area contributed by atoms with Gasteiger partial charge in [-0.1, -0.05) is 64.9 Å². The van der Waals surface area contributed by atoms with E-state index in [-0.39, 0.29) is 12.4 Å². The molecule has 0 aromatic carbocycles. The van der Waals surface area contributed by atoms with E-state index in [0.29, 0.717) is 29.6 Å². The summed E-state index contributed by atoms with van der Waals surface area (Å²) in [5.41, 5.74) is 0.367. The molecule has 0 spiro atoms. The highest BCUT2D eigenvalue weighted by Gasteiger charge is 2.22. The van der Waals surface area contributed by atoms with E-state index in [1.54, 1.807) is 6.92 Å². The monoisotopic (exact) mass is 433 g/mol. The molecule has 0 amide bonds. The highest BCUT2D eigenvalue weighted by atomic mass is 32.2. The zero-order valence-corrected chi connectivity index (χ0v) is 19.7. The lowest BCUT2D eigenvalue weighted by atomic mass is 10.1. The maximum Gasteiger partial charge on any atom is 0.333 e. The van der Waals surface area contributed by atoms with Crippen LogP contribution in [0.4, 0.5) is 0 Å². The van der Waals surface area contributed by atoms with E-state index in [4.69, 9.17) is 4.74 Å². The summed E-state index contributed by atoms with van der Waals surface area (Å²) >= 11 is 0. The van der Waals surface area contributed by atoms with Crippen molar-refractivity contribution < 1.29 is 27.0 Å². The van der Waals surface area contributed by atoms with Crippen LogP contribution in [-0.2, 0) is 19.6 Å². The first-order chi connectivity index (χ1) is 13.6. The number of unbranched alkanes of at least 4 members (excludes halogenated alkanes) is 9. The fourth-order valence-corrected chi connectivity index (χ4v) is 3.90. The molecule has 0 heterocycles. The summed E-state index contributed by atoms with van der Waals surface area (Å²) < 4.78 is 38.5. The molecule has 0 radical (unpaired) electrons. The summed E-state index contributed by atoms with van der Waals surface area (Å²) in [6.07, 6.45) is 12.9. The van der Waals surface area contributed by atoms with E-state index in [9.17, 15) is 17.8 Å². The van der Waals surface area contributed by atoms with E-state index in [1.807, 2.05) is 7.05 Å². The maximum atomic E-state index is 11.6. The van der Waals surface area contributed by atoms with E-state index >= 15 is 0 Å². The van der Waals surface area contributed by atoms with Gasteiger partial charge < -0.3 is 13.8 Å². The molecule has 1 atom stereocenters. The minimum absolute atomic E-state index is 0.268. The van der Waals surface area contributed by atoms with Crippen LogP contribution in [0.5, 0.6) is 0 Å². The lowest BCUT2D eigenvalue weighted by molar-refractivity contribution is -0.909. The van der Waals surface area contributed by atoms with Gasteiger partial charge in [-0.2, -0.15) is 0 Å². The van der Waals surface area contributed by atoms with Crippen LogP contribution in [0.25, 0.3) is 0 Å². The van der Waals surface area contributed by atoms with Crippen molar-refractivity contribution in [3.63, 3.8) is 0 Å². The summed E-state index contributed by atoms with van der Waals surface area (Å²) in [6.45, 7) is 9.76. The molecule has 0 rings (SSSR count). The molecule has 0 saturated heterocycles. The van der Waals surface area contributed by atoms with Crippen LogP contribution in [0.15, 0.2) is 12.2 Å². The van der Waals surface area contributed by atoms with Gasteiger partial charge in [0.15, 0.2) is 0 Å². The molecular weight excluding hydrogens is 390 g/mol. The SMILES string of the molecule is C=C(C)C(=O)OCC[N+](C)(CCCCCCCCCCCC)CCCS(=O)(=O)[O-]. The smallest absolute Gasteiger partial charge is 0.333 e. The number of likely N-dealkylation sites (N-methyl/N-ethyl adjacent to an activating group) is 1. The van der Waals surface area contributed by atoms with Gasteiger partial charge in [-0.25, -0.2) is 13.2 Å². The van der Waals surface area contributed by atoms with Gasteiger partial charge >= 0.3 is 5.97 Å². The Balaban J connectivity index is 4.22. The number of hydrogen-bond donors (Lipinski definition) is 0. The second kappa shape index (κ2) is 15.9. The molecule has 0 saturated carbocycles. The van der Waals surface area contributed by atoms with Crippen molar-refractivity contribution in [3.05, 3.63) is 12.2 Å². The number of carbonyl (C=O) groups is 1. The lowest BCUT2D eigenvalue weighted by Crippen LogP contribution is -2.48. The largest absolute Gasteiger partial charge is 0.748 e. The average Bonchev–Trinajstić information content (AvgIpc) is 2.62. The van der Waals surface area contributed by atoms with Gasteiger partial charge in [0, 0.05) is 17.7 Å². The highest BCUT2D eigenvalue weighted by molar-refractivity contribution is 7.85. The number of ether oxygens (including phenoxy) is 1. The molecule has 7 heteroatoms. The van der Waals surface area contributed by atoms with Crippen molar-refractivity contribution in [2.75, 3.05) is 39.0 Å². The number of carbonyl (C=O) groups excluding carboxylic acids is 1. The molecule has 0 aliphatic heterocycles. The van der Waals surface area contributed by atoms with Crippen LogP contribution >= 0.6 is 0 Å². The normalized spacial score (nSPS) is 13.8. The molecule has 0 aliphatic carbocycles. The first-order valence-corrected chi connectivity index (χ1v) is 12.8. The van der Waals surface area contributed by atoms with Gasteiger partial charge in [-0.15, -0.1) is 0 Å². The fraction of sp³-hybridized carbons (Fsp3) is 0.864. The van der Waals surface area contributed by atoms with Crippen LogP contribution in [0, 0.1) is 0 Å². The summed E-state index contributed by atoms with van der Waals surface area (Å²) in [7, 11) is -2.15. The Morgan fingerprint density at radius 1 is 0.897 bits per heavy atom. The molecule has 29 heavy (non-hydrogen) atoms. The van der Waals surface area contributed by atoms with Gasteiger partial charge in [0.1, 0.15) is 13.2 Å². The highest BCUT2D eigenvalue weighted by Crippen LogP contribution is 2.13. The van der Waals surface area contributed by atoms with Crippen molar-refractivity contribution in [2.24, 2.45) is 0 Å². The minimum atomic E-state index is -4.19. The first-order valence-electron chi connectivity index (χ1n) is 11.2. The summed E-state index contributed by atoms with van der Waals surface area (Å²) in [4.78, 5) is 11.6. The summed E-state index contributed by atoms with van der Waals surface area (Å²) in [6, 6.07) is 0. The number of rotatable bonds is 19. The Morgan fingerprint density at radius 3 is 1.86 bits per heavy atom. The third-order valence-electron chi connectivity index (χ3n) is 5.36. The standard InChI is InChI=1S/C22H43NO5S/c1-5-6-7-8-9-10-11-12-13-14-16-23(4,17-15-20-29(25,26)27)18-19-28-22(24)21(2)3/h2,5-20H2,1,3-4H3. The van der Waals surface area contributed by atoms with Crippen LogP contribution < -0.4 is 0 Å². The Hall–Kier alpha value is -0.920. The second-order valence-corrected chi connectivity index (χ2v) is 10.0. The molecular formula is C22H43NO5S. The predicted octanol–water partition coefficient (Wildman–Crippen LogP) is 4.41. The number of quaternary nitrogens is 1. The van der Waals surface area contributed by atoms with Crippen molar-refractivity contribution in [3.8, 4) is 0 Å². The van der Waals surface area contributed by atoms with Crippen molar-refractivity contribution in [2.45, 2.75) is 84.5 Å². The van der Waals surface area contributed by atoms with E-state index in [1.165, 1.54) is 51.4 Å². The summed E-state index contributed by atoms with van der Waals surface area (Å²) in [5, 5.41) is 0. The van der Waals surface area contributed by atoms with Gasteiger partial charge in [0.05, 0.1) is 30.3 Å². The van der Waals surface area contributed by atoms with Gasteiger partial charge in [0.25, 0.3) is 0 Å². The lowest BCUT2D eigenvalue weighted by Gasteiger charge is -2.34. The van der Waals surface area contributed by atoms with E-state index in [0.717, 1.165) is 19.4 Å². The van der Waals surface area contributed by atoms with Gasteiger partial charge in [-0.3, -0.25) is 0 Å². The van der Waals surface area contributed by atoms with E-state index < -0.39 is 16.1 Å². The van der Waals surface area contributed by atoms with Gasteiger partial charge in [-0.05, 0) is 19.8 Å². The maximum absolute atomic E-state index is 11.6. The third kappa shape index (κ3) is 17.6. The second-order valence-electron chi connectivity index (χ2n) is 8.50. The minimum Gasteiger partial charge on any atom is -0.748 e. The number of hydrogen-bond acceptors (Lipinski definition) is 5. The van der Waals surface area contributed by atoms with Crippen LogP contribution in [0.3, 0.4) is 0 Å². The molecule has 0 aliphatic rings. The molecule has 0 aromatic heterocycles. The van der Waals surface area contributed by atoms with Crippen molar-refractivity contribution >= 4 is 16.1 Å². The topological polar surface area (TPSA) is 83.5 Å². The van der Waals surface area contributed by atoms with Crippen LogP contribution in [0.2, 0.25) is 0 Å². The Bertz CT molecular complexity index is 562. The third-order valence-corrected chi connectivity index (χ3v) is 6.15. The predicted molar refractivity (Wildman–Crippen MR) is 118 cm³/mol. The zero-order valence-electron chi connectivity index (χ0n) is 18.9. The van der Waals surface area contributed by atoms with Crippen molar-refractivity contribution in [1.82, 2.24) is 0 Å². The van der Waals surface area contributed by atoms with Crippen molar-refractivity contribution in [1.29, 1.82) is 0 Å². The van der Waals surface area contributed by atoms with Crippen LogP contribution in [0.1, 0.15) is 84.5 Å². The zero-order chi connectivity index (χ0) is 22.2. The average molecular weight is 434 g/mol. The first kappa shape index (κ1) is 28.1. The fourth-order valence-electron chi connectivity index (χ4n) is 3.42. The molecule has 0 aromatic rings. The number of nitrogens with zero attached hydrogens (tertiary/aromatic N) is 1. The Labute approximate surface area is 179 Å². The quantitative estimate of drug-likeness (QED) is 0.0990. The number of esters is 1. The molecule has 6 nitrogen and oxygen atoms in total. The molecule has 0 N–H and O–H groups in total. The molecule has 0 fully saturated rings. The van der Waals surface area contributed by atoms with Gasteiger partial charge in [0.2, 0.25) is 0 Å². The summed E-state index contributed by atoms with van der Waals surface area (Å²) in [5.74, 6) is -0.748. The molecule has 172 valence electrons. The van der Waals surface area contributed by atoms with E-state index in [2.05, 4.69) is 13.5 Å². The Morgan fingerprint density at radius 2 is 1.38 bits per heavy atom.